The van der Waals surface area contributed by atoms with Crippen molar-refractivity contribution >= 4 is 19.4 Å². The van der Waals surface area contributed by atoms with Crippen LogP contribution >= 0.6 is 7.60 Å². The molecule has 0 heterocycles. The zero-order chi connectivity index (χ0) is 27.5. The second-order valence-electron chi connectivity index (χ2n) is 8.53. The van der Waals surface area contributed by atoms with E-state index < -0.39 is 24.4 Å². The number of para-hydroxylation sites is 2. The molecule has 1 N–H and O–H groups in total. The minimum Gasteiger partial charge on any atom is -0.445 e. The average molecular weight is 547 g/mol. The number of carbonyl (C=O) groups excluding carboxylic acids is 1. The van der Waals surface area contributed by atoms with Crippen molar-refractivity contribution in [1.29, 1.82) is 0 Å². The zero-order valence-electron chi connectivity index (χ0n) is 20.9. The lowest BCUT2D eigenvalue weighted by atomic mass is 10.1. The summed E-state index contributed by atoms with van der Waals surface area (Å²) in [6.07, 6.45) is -0.335. The number of alkyl carbamates (subject to hydrolysis) is 1. The molecule has 4 aromatic rings. The quantitative estimate of drug-likeness (QED) is 0.114. The van der Waals surface area contributed by atoms with E-state index >= 15 is 0 Å². The lowest BCUT2D eigenvalue weighted by molar-refractivity contribution is -0.384. The van der Waals surface area contributed by atoms with Crippen LogP contribution in [0.15, 0.2) is 115 Å². The van der Waals surface area contributed by atoms with Gasteiger partial charge in [0.2, 0.25) is 0 Å². The van der Waals surface area contributed by atoms with Gasteiger partial charge in [-0.25, -0.2) is 9.36 Å². The lowest BCUT2D eigenvalue weighted by Crippen LogP contribution is -2.38. The molecule has 4 aromatic carbocycles. The summed E-state index contributed by atoms with van der Waals surface area (Å²) in [6.45, 7) is 0.0190. The molecule has 0 aliphatic heterocycles. The summed E-state index contributed by atoms with van der Waals surface area (Å²) in [7, 11) is -4.11. The minimum atomic E-state index is -4.11. The molecule has 0 aromatic heterocycles. The fourth-order valence-electron chi connectivity index (χ4n) is 3.70. The van der Waals surface area contributed by atoms with E-state index in [0.717, 1.165) is 11.1 Å². The number of benzene rings is 4. The Kier molecular flexibility index (Phi) is 9.32. The van der Waals surface area contributed by atoms with Crippen molar-refractivity contribution in [3.63, 3.8) is 0 Å². The first-order valence-electron chi connectivity index (χ1n) is 12.2. The van der Waals surface area contributed by atoms with E-state index in [0.29, 0.717) is 17.9 Å². The maximum absolute atomic E-state index is 14.4. The Labute approximate surface area is 226 Å². The predicted octanol–water partition coefficient (Wildman–Crippen LogP) is 7.13. The molecule has 0 saturated carbocycles. The first kappa shape index (κ1) is 27.4. The van der Waals surface area contributed by atoms with E-state index in [1.54, 1.807) is 72.8 Å². The van der Waals surface area contributed by atoms with Crippen molar-refractivity contribution in [3.05, 3.63) is 137 Å². The van der Waals surface area contributed by atoms with Gasteiger partial charge in [-0.1, -0.05) is 78.9 Å². The molecule has 4 rings (SSSR count). The summed E-state index contributed by atoms with van der Waals surface area (Å²) < 4.78 is 31.7. The van der Waals surface area contributed by atoms with Crippen LogP contribution in [0.3, 0.4) is 0 Å². The van der Waals surface area contributed by atoms with Crippen LogP contribution in [-0.2, 0) is 22.3 Å². The summed E-state index contributed by atoms with van der Waals surface area (Å²) in [5, 5.41) is 13.7. The van der Waals surface area contributed by atoms with Crippen molar-refractivity contribution in [1.82, 2.24) is 5.32 Å². The van der Waals surface area contributed by atoms with Crippen LogP contribution in [0.5, 0.6) is 11.5 Å². The van der Waals surface area contributed by atoms with Crippen molar-refractivity contribution < 1.29 is 28.1 Å². The molecule has 9 nitrogen and oxygen atoms in total. The topological polar surface area (TPSA) is 117 Å². The highest BCUT2D eigenvalue weighted by molar-refractivity contribution is 7.55. The third-order valence-corrected chi connectivity index (χ3v) is 7.77. The van der Waals surface area contributed by atoms with Crippen molar-refractivity contribution in [2.75, 3.05) is 0 Å². The van der Waals surface area contributed by atoms with Crippen LogP contribution in [0, 0.1) is 10.1 Å². The molecule has 1 unspecified atom stereocenters. The molecule has 10 heteroatoms. The largest absolute Gasteiger partial charge is 0.453 e. The monoisotopic (exact) mass is 546 g/mol. The molecule has 0 spiro atoms. The molecule has 0 bridgehead atoms. The van der Waals surface area contributed by atoms with E-state index in [1.165, 1.54) is 12.1 Å². The maximum Gasteiger partial charge on any atom is 0.453 e. The fourth-order valence-corrected chi connectivity index (χ4v) is 5.53. The standard InChI is InChI=1S/C29H27N2O7P/c32-29(36-22-24-10-4-1-5-11-24)30-28(21-18-23-16-19-25(20-17-23)31(33)34)39(35,37-26-12-6-2-7-13-26)38-27-14-8-3-9-15-27/h1-17,19-20,28H,18,21-22H2,(H,30,32). The number of rotatable bonds is 12. The molecule has 1 atom stereocenters. The van der Waals surface area contributed by atoms with E-state index in [4.69, 9.17) is 13.8 Å². The molecule has 1 amide bonds. The van der Waals surface area contributed by atoms with E-state index in [2.05, 4.69) is 5.32 Å². The highest BCUT2D eigenvalue weighted by Crippen LogP contribution is 2.53. The molecule has 0 radical (unpaired) electrons. The Morgan fingerprint density at radius 3 is 1.79 bits per heavy atom. The normalized spacial score (nSPS) is 11.7. The average Bonchev–Trinajstić information content (AvgIpc) is 2.96. The van der Waals surface area contributed by atoms with Gasteiger partial charge in [0, 0.05) is 12.1 Å². The second kappa shape index (κ2) is 13.3. The molecular weight excluding hydrogens is 519 g/mol. The second-order valence-corrected chi connectivity index (χ2v) is 10.6. The van der Waals surface area contributed by atoms with Crippen LogP contribution in [0.2, 0.25) is 0 Å². The van der Waals surface area contributed by atoms with Crippen LogP contribution in [0.1, 0.15) is 17.5 Å². The number of nitro benzene ring substituents is 1. The summed E-state index contributed by atoms with van der Waals surface area (Å²) in [5.74, 6) is -0.510. The van der Waals surface area contributed by atoms with Crippen LogP contribution in [0.25, 0.3) is 0 Å². The number of amides is 1. The summed E-state index contributed by atoms with van der Waals surface area (Å²) in [4.78, 5) is 23.4. The van der Waals surface area contributed by atoms with Gasteiger partial charge < -0.3 is 19.1 Å². The van der Waals surface area contributed by atoms with E-state index in [9.17, 15) is 19.5 Å². The summed E-state index contributed by atoms with van der Waals surface area (Å²) in [6, 6.07) is 32.3. The van der Waals surface area contributed by atoms with Crippen LogP contribution in [-0.4, -0.2) is 16.8 Å². The third-order valence-electron chi connectivity index (χ3n) is 5.68. The molecular formula is C29H27N2O7P. The molecule has 0 fully saturated rings. The first-order chi connectivity index (χ1) is 18.9. The lowest BCUT2D eigenvalue weighted by Gasteiger charge is -2.28. The number of ether oxygens (including phenoxy) is 1. The van der Waals surface area contributed by atoms with Gasteiger partial charge in [0.25, 0.3) is 5.69 Å². The van der Waals surface area contributed by atoms with Crippen LogP contribution < -0.4 is 14.4 Å². The number of nitrogens with zero attached hydrogens (tertiary/aromatic N) is 1. The van der Waals surface area contributed by atoms with Gasteiger partial charge in [-0.05, 0) is 48.2 Å². The molecule has 0 aliphatic rings. The Morgan fingerprint density at radius 1 is 0.769 bits per heavy atom. The Bertz CT molecular complexity index is 1360. The third kappa shape index (κ3) is 8.18. The number of hydrogen-bond acceptors (Lipinski definition) is 7. The maximum atomic E-state index is 14.4. The zero-order valence-corrected chi connectivity index (χ0v) is 21.8. The Morgan fingerprint density at radius 2 is 1.28 bits per heavy atom. The first-order valence-corrected chi connectivity index (χ1v) is 13.8. The number of nitro groups is 1. The van der Waals surface area contributed by atoms with Crippen molar-refractivity contribution in [2.24, 2.45) is 0 Å². The summed E-state index contributed by atoms with van der Waals surface area (Å²) >= 11 is 0. The van der Waals surface area contributed by atoms with E-state index in [-0.39, 0.29) is 18.7 Å². The van der Waals surface area contributed by atoms with Gasteiger partial charge in [-0.15, -0.1) is 0 Å². The number of aryl methyl sites for hydroxylation is 1. The Balaban J connectivity index is 1.59. The molecule has 0 aliphatic carbocycles. The number of non-ortho nitro benzene ring substituents is 1. The number of nitrogens with one attached hydrogen (secondary N) is 1. The highest BCUT2D eigenvalue weighted by Gasteiger charge is 2.41. The van der Waals surface area contributed by atoms with Gasteiger partial charge in [-0.3, -0.25) is 10.1 Å². The van der Waals surface area contributed by atoms with Gasteiger partial charge in [0.05, 0.1) is 4.92 Å². The minimum absolute atomic E-state index is 0.0190. The predicted molar refractivity (Wildman–Crippen MR) is 147 cm³/mol. The Hall–Kier alpha value is -4.62. The molecule has 200 valence electrons. The summed E-state index contributed by atoms with van der Waals surface area (Å²) in [5.41, 5.74) is 1.50. The van der Waals surface area contributed by atoms with Gasteiger partial charge >= 0.3 is 13.7 Å². The van der Waals surface area contributed by atoms with Crippen molar-refractivity contribution in [2.45, 2.75) is 25.2 Å². The smallest absolute Gasteiger partial charge is 0.445 e. The number of carbonyl (C=O) groups is 1. The van der Waals surface area contributed by atoms with Crippen LogP contribution in [0.4, 0.5) is 10.5 Å². The van der Waals surface area contributed by atoms with E-state index in [1.807, 2.05) is 30.3 Å². The van der Waals surface area contributed by atoms with Gasteiger partial charge in [-0.2, -0.15) is 0 Å². The van der Waals surface area contributed by atoms with Gasteiger partial charge in [0.15, 0.2) is 5.78 Å². The molecule has 39 heavy (non-hydrogen) atoms. The number of hydrogen-bond donors (Lipinski definition) is 1. The fraction of sp³-hybridized carbons (Fsp3) is 0.138. The van der Waals surface area contributed by atoms with Gasteiger partial charge in [0.1, 0.15) is 18.1 Å². The highest BCUT2D eigenvalue weighted by atomic mass is 31.2. The SMILES string of the molecule is O=C(NC(CCc1ccc([N+](=O)[O-])cc1)P(=O)(Oc1ccccc1)Oc1ccccc1)OCc1ccccc1. The molecule has 0 saturated heterocycles. The van der Waals surface area contributed by atoms with Crippen molar-refractivity contribution in [3.8, 4) is 11.5 Å².